The monoisotopic (exact) mass is 199 g/mol. The Morgan fingerprint density at radius 1 is 1.29 bits per heavy atom. The minimum absolute atomic E-state index is 0.125. The summed E-state index contributed by atoms with van der Waals surface area (Å²) in [6, 6.07) is 0. The van der Waals surface area contributed by atoms with Crippen LogP contribution in [-0.4, -0.2) is 30.7 Å². The second kappa shape index (κ2) is 3.40. The van der Waals surface area contributed by atoms with E-state index >= 15 is 0 Å². The number of hydrogen-bond acceptors (Lipinski definition) is 3. The number of fused-ring (bicyclic) bond motifs is 1. The summed E-state index contributed by atoms with van der Waals surface area (Å²) in [5.74, 6) is 0.947. The highest BCUT2D eigenvalue weighted by atomic mass is 16.8. The number of ether oxygens (including phenoxy) is 3. The topological polar surface area (TPSA) is 27.7 Å². The van der Waals surface area contributed by atoms with Crippen LogP contribution in [0.25, 0.3) is 0 Å². The molecule has 2 rings (SSSR count). The predicted molar refractivity (Wildman–Crippen MR) is 52.8 cm³/mol. The van der Waals surface area contributed by atoms with Gasteiger partial charge >= 0.3 is 0 Å². The van der Waals surface area contributed by atoms with Crippen molar-refractivity contribution in [1.29, 1.82) is 0 Å². The molecule has 0 N–H and O–H groups in total. The van der Waals surface area contributed by atoms with Crippen LogP contribution in [0.3, 0.4) is 0 Å². The average molecular weight is 199 g/mol. The van der Waals surface area contributed by atoms with Gasteiger partial charge in [-0.05, 0) is 13.8 Å². The molecule has 0 aromatic carbocycles. The lowest BCUT2D eigenvalue weighted by Gasteiger charge is -2.20. The quantitative estimate of drug-likeness (QED) is 0.636. The molecule has 0 amide bonds. The van der Waals surface area contributed by atoms with E-state index in [-0.39, 0.29) is 18.3 Å². The summed E-state index contributed by atoms with van der Waals surface area (Å²) < 4.78 is 17.2. The minimum Gasteiger partial charge on any atom is -0.368 e. The number of rotatable bonds is 2. The minimum atomic E-state index is -0.432. The van der Waals surface area contributed by atoms with Crippen molar-refractivity contribution in [3.63, 3.8) is 0 Å². The van der Waals surface area contributed by atoms with E-state index in [0.717, 1.165) is 6.42 Å². The van der Waals surface area contributed by atoms with Crippen LogP contribution in [0.15, 0.2) is 0 Å². The van der Waals surface area contributed by atoms with Crippen molar-refractivity contribution < 1.29 is 14.2 Å². The van der Waals surface area contributed by atoms with E-state index in [1.807, 2.05) is 13.8 Å². The van der Waals surface area contributed by atoms with E-state index in [9.17, 15) is 0 Å². The summed E-state index contributed by atoms with van der Waals surface area (Å²) >= 11 is 0. The first kappa shape index (κ1) is 10.3. The molecule has 2 aliphatic heterocycles. The Morgan fingerprint density at radius 2 is 2.00 bits per heavy atom. The molecule has 2 fully saturated rings. The first-order valence-electron chi connectivity index (χ1n) is 5.24. The van der Waals surface area contributed by atoms with E-state index in [1.54, 1.807) is 0 Å². The van der Waals surface area contributed by atoms with Crippen LogP contribution in [-0.2, 0) is 14.2 Å². The Balaban J connectivity index is 1.98. The van der Waals surface area contributed by atoms with Crippen molar-refractivity contribution in [2.24, 2.45) is 0 Å². The van der Waals surface area contributed by atoms with Crippen LogP contribution < -0.4 is 0 Å². The lowest BCUT2D eigenvalue weighted by Crippen LogP contribution is -2.30. The third-order valence-electron chi connectivity index (χ3n) is 2.67. The normalized spacial score (nSPS) is 39.9. The molecule has 0 radical (unpaired) electrons. The lowest BCUT2D eigenvalue weighted by atomic mass is 10.0. The lowest BCUT2D eigenvalue weighted by molar-refractivity contribution is -0.175. The zero-order chi connectivity index (χ0) is 10.3. The molecule has 14 heavy (non-hydrogen) atoms. The molecule has 2 saturated heterocycles. The third-order valence-corrected chi connectivity index (χ3v) is 2.67. The molecule has 0 saturated carbocycles. The van der Waals surface area contributed by atoms with Gasteiger partial charge in [-0.1, -0.05) is 0 Å². The number of hydrogen-bond donors (Lipinski definition) is 0. The molecular formula is C11H19O3+. The van der Waals surface area contributed by atoms with Crippen LogP contribution in [0.2, 0.25) is 0 Å². The highest BCUT2D eigenvalue weighted by Gasteiger charge is 2.51. The van der Waals surface area contributed by atoms with Crippen molar-refractivity contribution >= 4 is 0 Å². The van der Waals surface area contributed by atoms with Gasteiger partial charge in [0, 0.05) is 0 Å². The summed E-state index contributed by atoms with van der Waals surface area (Å²) in [6.45, 7) is 8.84. The van der Waals surface area contributed by atoms with Gasteiger partial charge < -0.3 is 14.2 Å². The van der Waals surface area contributed by atoms with E-state index < -0.39 is 5.79 Å². The van der Waals surface area contributed by atoms with E-state index in [2.05, 4.69) is 13.8 Å². The van der Waals surface area contributed by atoms with Crippen LogP contribution in [0.5, 0.6) is 0 Å². The van der Waals surface area contributed by atoms with Crippen LogP contribution in [0, 0.1) is 5.92 Å². The summed E-state index contributed by atoms with van der Waals surface area (Å²) in [4.78, 5) is 0. The summed E-state index contributed by atoms with van der Waals surface area (Å²) in [5, 5.41) is 0. The Kier molecular flexibility index (Phi) is 2.50. The maximum absolute atomic E-state index is 5.83. The fourth-order valence-corrected chi connectivity index (χ4v) is 2.20. The van der Waals surface area contributed by atoms with Gasteiger partial charge in [0.05, 0.1) is 26.4 Å². The molecule has 3 nitrogen and oxygen atoms in total. The SMILES string of the molecule is C[C+](C)CC1OCC2OC(C)(C)OC12. The fraction of sp³-hybridized carbons (Fsp3) is 0.909. The molecule has 0 aromatic heterocycles. The first-order valence-corrected chi connectivity index (χ1v) is 5.24. The average Bonchev–Trinajstić information content (AvgIpc) is 2.47. The second-order valence-electron chi connectivity index (χ2n) is 4.92. The molecule has 0 aromatic rings. The molecule has 3 unspecified atom stereocenters. The molecule has 2 aliphatic rings. The molecular weight excluding hydrogens is 180 g/mol. The van der Waals surface area contributed by atoms with E-state index in [1.165, 1.54) is 5.92 Å². The molecule has 80 valence electrons. The van der Waals surface area contributed by atoms with Crippen molar-refractivity contribution in [1.82, 2.24) is 0 Å². The van der Waals surface area contributed by atoms with Gasteiger partial charge in [-0.25, -0.2) is 0 Å². The maximum Gasteiger partial charge on any atom is 0.164 e. The van der Waals surface area contributed by atoms with Crippen molar-refractivity contribution in [2.45, 2.75) is 58.2 Å². The van der Waals surface area contributed by atoms with Gasteiger partial charge in [-0.3, -0.25) is 0 Å². The van der Waals surface area contributed by atoms with Crippen molar-refractivity contribution in [3.8, 4) is 0 Å². The Hall–Kier alpha value is -0.250. The van der Waals surface area contributed by atoms with Gasteiger partial charge in [0.1, 0.15) is 24.7 Å². The van der Waals surface area contributed by atoms with Crippen LogP contribution >= 0.6 is 0 Å². The smallest absolute Gasteiger partial charge is 0.164 e. The molecule has 0 bridgehead atoms. The summed E-state index contributed by atoms with van der Waals surface area (Å²) in [6.07, 6.45) is 1.42. The Labute approximate surface area is 85.7 Å². The maximum atomic E-state index is 5.83. The highest BCUT2D eigenvalue weighted by molar-refractivity contribution is 4.96. The third kappa shape index (κ3) is 1.90. The summed E-state index contributed by atoms with van der Waals surface area (Å²) in [5.41, 5.74) is 0. The van der Waals surface area contributed by atoms with Gasteiger partial charge in [-0.2, -0.15) is 0 Å². The molecule has 3 atom stereocenters. The summed E-state index contributed by atoms with van der Waals surface area (Å²) in [7, 11) is 0. The molecule has 0 spiro atoms. The Morgan fingerprint density at radius 3 is 2.64 bits per heavy atom. The Bertz CT molecular complexity index is 213. The van der Waals surface area contributed by atoms with Gasteiger partial charge in [0.2, 0.25) is 0 Å². The van der Waals surface area contributed by atoms with Gasteiger partial charge in [-0.15, -0.1) is 0 Å². The van der Waals surface area contributed by atoms with Crippen molar-refractivity contribution in [3.05, 3.63) is 5.92 Å². The standard InChI is InChI=1S/C11H19O3/c1-7(2)5-8-10-9(6-12-8)13-11(3,4)14-10/h8-10H,5-6H2,1-4H3/q+1. The second-order valence-corrected chi connectivity index (χ2v) is 4.92. The predicted octanol–water partition coefficient (Wildman–Crippen LogP) is 1.91. The zero-order valence-electron chi connectivity index (χ0n) is 9.37. The zero-order valence-corrected chi connectivity index (χ0v) is 9.37. The fourth-order valence-electron chi connectivity index (χ4n) is 2.20. The first-order chi connectivity index (χ1) is 6.48. The van der Waals surface area contributed by atoms with E-state index in [4.69, 9.17) is 14.2 Å². The van der Waals surface area contributed by atoms with Crippen LogP contribution in [0.1, 0.15) is 34.1 Å². The molecule has 2 heterocycles. The van der Waals surface area contributed by atoms with Crippen molar-refractivity contribution in [2.75, 3.05) is 6.61 Å². The molecule has 3 heteroatoms. The van der Waals surface area contributed by atoms with E-state index in [0.29, 0.717) is 6.61 Å². The van der Waals surface area contributed by atoms with Gasteiger partial charge in [0.25, 0.3) is 0 Å². The largest absolute Gasteiger partial charge is 0.368 e. The van der Waals surface area contributed by atoms with Gasteiger partial charge in [0.15, 0.2) is 5.79 Å². The van der Waals surface area contributed by atoms with Crippen LogP contribution in [0.4, 0.5) is 0 Å². The molecule has 0 aliphatic carbocycles. The highest BCUT2D eigenvalue weighted by Crippen LogP contribution is 2.37.